The van der Waals surface area contributed by atoms with Gasteiger partial charge in [-0.05, 0) is 24.3 Å². The topological polar surface area (TPSA) is 44.0 Å². The van der Waals surface area contributed by atoms with Crippen molar-refractivity contribution < 1.29 is 5.11 Å². The number of nitriles is 1. The summed E-state index contributed by atoms with van der Waals surface area (Å²) in [7, 11) is 0. The molecule has 0 aliphatic carbocycles. The molecule has 0 amide bonds. The Hall–Kier alpha value is -0.490. The third-order valence-corrected chi connectivity index (χ3v) is 0.996. The Bertz CT molecular complexity index is 237. The summed E-state index contributed by atoms with van der Waals surface area (Å²) >= 11 is 0. The maximum Gasteiger partial charge on any atom is 0.115 e. The number of hydrogen-bond acceptors (Lipinski definition) is 2. The van der Waals surface area contributed by atoms with E-state index in [-0.39, 0.29) is 35.3 Å². The van der Waals surface area contributed by atoms with Crippen molar-refractivity contribution in [3.05, 3.63) is 29.8 Å². The SMILES string of the molecule is N#Cc1ccc(O)cc1.[Na]. The Kier molecular flexibility index (Phi) is 4.13. The molecule has 2 nitrogen and oxygen atoms in total. The summed E-state index contributed by atoms with van der Waals surface area (Å²) in [4.78, 5) is 0. The first-order valence-corrected chi connectivity index (χ1v) is 2.52. The largest absolute Gasteiger partial charge is 0.508 e. The second kappa shape index (κ2) is 4.35. The predicted octanol–water partition coefficient (Wildman–Crippen LogP) is 0.883. The Labute approximate surface area is 81.4 Å². The number of benzene rings is 1. The molecular weight excluding hydrogens is 137 g/mol. The zero-order chi connectivity index (χ0) is 6.69. The zero-order valence-corrected chi connectivity index (χ0v) is 7.70. The molecule has 1 aromatic carbocycles. The third-order valence-electron chi connectivity index (χ3n) is 0.996. The van der Waals surface area contributed by atoms with Gasteiger partial charge in [0.25, 0.3) is 0 Å². The second-order valence-electron chi connectivity index (χ2n) is 1.66. The van der Waals surface area contributed by atoms with E-state index in [1.807, 2.05) is 6.07 Å². The smallest absolute Gasteiger partial charge is 0.115 e. The van der Waals surface area contributed by atoms with Crippen molar-refractivity contribution in [3.8, 4) is 11.8 Å². The number of phenols is 1. The monoisotopic (exact) mass is 142 g/mol. The average molecular weight is 142 g/mol. The van der Waals surface area contributed by atoms with E-state index < -0.39 is 0 Å². The van der Waals surface area contributed by atoms with E-state index >= 15 is 0 Å². The van der Waals surface area contributed by atoms with Crippen molar-refractivity contribution in [3.63, 3.8) is 0 Å². The molecule has 0 fully saturated rings. The molecule has 1 rings (SSSR count). The Morgan fingerprint density at radius 2 is 1.70 bits per heavy atom. The predicted molar refractivity (Wildman–Crippen MR) is 38.6 cm³/mol. The van der Waals surface area contributed by atoms with Crippen LogP contribution in [0.3, 0.4) is 0 Å². The van der Waals surface area contributed by atoms with Crippen molar-refractivity contribution in [1.82, 2.24) is 0 Å². The van der Waals surface area contributed by atoms with Gasteiger partial charge in [0.15, 0.2) is 0 Å². The number of rotatable bonds is 0. The van der Waals surface area contributed by atoms with E-state index in [9.17, 15) is 0 Å². The number of nitrogens with zero attached hydrogens (tertiary/aromatic N) is 1. The molecule has 0 aliphatic rings. The van der Waals surface area contributed by atoms with Gasteiger partial charge in [0.05, 0.1) is 11.6 Å². The first-order chi connectivity index (χ1) is 4.33. The minimum Gasteiger partial charge on any atom is -0.508 e. The number of phenolic OH excluding ortho intramolecular Hbond substituents is 1. The van der Waals surface area contributed by atoms with Crippen molar-refractivity contribution in [1.29, 1.82) is 5.26 Å². The molecule has 0 spiro atoms. The van der Waals surface area contributed by atoms with Gasteiger partial charge in [-0.1, -0.05) is 0 Å². The van der Waals surface area contributed by atoms with Gasteiger partial charge in [0.2, 0.25) is 0 Å². The molecule has 0 unspecified atom stereocenters. The molecule has 0 aliphatic heterocycles. The molecule has 1 N–H and O–H groups in total. The first-order valence-electron chi connectivity index (χ1n) is 2.52. The van der Waals surface area contributed by atoms with Crippen LogP contribution in [0.2, 0.25) is 0 Å². The first kappa shape index (κ1) is 9.51. The number of aromatic hydroxyl groups is 1. The summed E-state index contributed by atoms with van der Waals surface area (Å²) in [5, 5.41) is 17.0. The van der Waals surface area contributed by atoms with Crippen LogP contribution in [-0.4, -0.2) is 34.7 Å². The van der Waals surface area contributed by atoms with E-state index in [1.165, 1.54) is 12.1 Å². The molecule has 0 bridgehead atoms. The van der Waals surface area contributed by atoms with Crippen molar-refractivity contribution in [2.75, 3.05) is 0 Å². The van der Waals surface area contributed by atoms with E-state index in [0.717, 1.165) is 0 Å². The maximum absolute atomic E-state index is 8.74. The molecule has 3 heteroatoms. The van der Waals surface area contributed by atoms with Gasteiger partial charge in [-0.15, -0.1) is 0 Å². The maximum atomic E-state index is 8.74. The van der Waals surface area contributed by atoms with Gasteiger partial charge in [-0.2, -0.15) is 5.26 Å². The summed E-state index contributed by atoms with van der Waals surface area (Å²) in [5.41, 5.74) is 0.563. The molecule has 0 atom stereocenters. The summed E-state index contributed by atoms with van der Waals surface area (Å²) in [5.74, 6) is 0.189. The van der Waals surface area contributed by atoms with Crippen LogP contribution in [-0.2, 0) is 0 Å². The van der Waals surface area contributed by atoms with Crippen molar-refractivity contribution in [2.45, 2.75) is 0 Å². The summed E-state index contributed by atoms with van der Waals surface area (Å²) in [6, 6.07) is 8.04. The molecule has 0 saturated heterocycles. The molecule has 0 saturated carbocycles. The van der Waals surface area contributed by atoms with E-state index in [4.69, 9.17) is 10.4 Å². The molecule has 0 aromatic heterocycles. The van der Waals surface area contributed by atoms with Crippen LogP contribution < -0.4 is 0 Å². The molecule has 1 radical (unpaired) electrons. The molecule has 1 aromatic rings. The van der Waals surface area contributed by atoms with Crippen molar-refractivity contribution in [2.24, 2.45) is 0 Å². The van der Waals surface area contributed by atoms with Gasteiger partial charge in [-0.25, -0.2) is 0 Å². The fourth-order valence-electron chi connectivity index (χ4n) is 0.536. The molecular formula is C7H5NNaO. The Morgan fingerprint density at radius 3 is 2.10 bits per heavy atom. The van der Waals surface area contributed by atoms with E-state index in [1.54, 1.807) is 12.1 Å². The normalized spacial score (nSPS) is 7.50. The number of hydrogen-bond donors (Lipinski definition) is 1. The Balaban J connectivity index is 0.000000810. The van der Waals surface area contributed by atoms with E-state index in [0.29, 0.717) is 5.56 Å². The molecule has 45 valence electrons. The quantitative estimate of drug-likeness (QED) is 0.546. The summed E-state index contributed by atoms with van der Waals surface area (Å²) in [6.45, 7) is 0. The van der Waals surface area contributed by atoms with Crippen molar-refractivity contribution >= 4 is 29.6 Å². The van der Waals surface area contributed by atoms with Crippen LogP contribution in [0.1, 0.15) is 5.56 Å². The van der Waals surface area contributed by atoms with Gasteiger partial charge < -0.3 is 5.11 Å². The second-order valence-corrected chi connectivity index (χ2v) is 1.66. The summed E-state index contributed by atoms with van der Waals surface area (Å²) < 4.78 is 0. The third kappa shape index (κ3) is 2.40. The molecule has 0 heterocycles. The van der Waals surface area contributed by atoms with Crippen LogP contribution in [0.5, 0.6) is 5.75 Å². The van der Waals surface area contributed by atoms with Gasteiger partial charge in [-0.3, -0.25) is 0 Å². The van der Waals surface area contributed by atoms with Gasteiger partial charge >= 0.3 is 0 Å². The van der Waals surface area contributed by atoms with Crippen LogP contribution in [0.25, 0.3) is 0 Å². The minimum atomic E-state index is 0. The van der Waals surface area contributed by atoms with Crippen LogP contribution in [0.15, 0.2) is 24.3 Å². The average Bonchev–Trinajstić information content (AvgIpc) is 1.90. The minimum absolute atomic E-state index is 0. The molecule has 10 heavy (non-hydrogen) atoms. The summed E-state index contributed by atoms with van der Waals surface area (Å²) in [6.07, 6.45) is 0. The van der Waals surface area contributed by atoms with Gasteiger partial charge in [0, 0.05) is 29.6 Å². The fourth-order valence-corrected chi connectivity index (χ4v) is 0.536. The van der Waals surface area contributed by atoms with Crippen LogP contribution in [0.4, 0.5) is 0 Å². The zero-order valence-electron chi connectivity index (χ0n) is 5.70. The fraction of sp³-hybridized carbons (Fsp3) is 0. The standard InChI is InChI=1S/C7H5NO.Na/c8-5-6-1-3-7(9)4-2-6;/h1-4,9H;. The van der Waals surface area contributed by atoms with Gasteiger partial charge in [0.1, 0.15) is 5.75 Å². The van der Waals surface area contributed by atoms with Crippen LogP contribution >= 0.6 is 0 Å². The van der Waals surface area contributed by atoms with Crippen LogP contribution in [0, 0.1) is 11.3 Å². The van der Waals surface area contributed by atoms with E-state index in [2.05, 4.69) is 0 Å². The Morgan fingerprint density at radius 1 is 1.20 bits per heavy atom.